The SMILES string of the molecule is CCCCCCCCCCCCCCCC[As+](C)(C)CCCCCCCCCCCCCCCC. The Morgan fingerprint density at radius 2 is 0.429 bits per heavy atom. The minimum Gasteiger partial charge on any atom is -0.0654 e. The van der Waals surface area contributed by atoms with Crippen molar-refractivity contribution in [3.63, 3.8) is 0 Å². The molecule has 0 aromatic carbocycles. The number of unbranched alkanes of at least 4 members (excludes halogenated alkanes) is 26. The molecule has 0 saturated heterocycles. The molecule has 0 saturated carbocycles. The van der Waals surface area contributed by atoms with Crippen LogP contribution < -0.4 is 0 Å². The van der Waals surface area contributed by atoms with Gasteiger partial charge in [0.25, 0.3) is 0 Å². The molecule has 0 atom stereocenters. The molecule has 212 valence electrons. The topological polar surface area (TPSA) is 0 Å². The third-order valence-corrected chi connectivity index (χ3v) is 14.6. The summed E-state index contributed by atoms with van der Waals surface area (Å²) in [6, 6.07) is 0. The molecule has 35 heavy (non-hydrogen) atoms. The monoisotopic (exact) mass is 555 g/mol. The van der Waals surface area contributed by atoms with Crippen LogP contribution >= 0.6 is 0 Å². The van der Waals surface area contributed by atoms with E-state index < -0.39 is 13.6 Å². The first kappa shape index (κ1) is 35.6. The van der Waals surface area contributed by atoms with Gasteiger partial charge in [-0.2, -0.15) is 0 Å². The molecule has 0 aliphatic heterocycles. The van der Waals surface area contributed by atoms with E-state index >= 15 is 0 Å². The Balaban J connectivity index is 3.28. The summed E-state index contributed by atoms with van der Waals surface area (Å²) < 4.78 is 0. The Kier molecular flexibility index (Phi) is 29.6. The maximum atomic E-state index is 2.70. The number of hydrogen-bond donors (Lipinski definition) is 0. The van der Waals surface area contributed by atoms with Gasteiger partial charge in [-0.25, -0.2) is 0 Å². The molecular weight excluding hydrogens is 483 g/mol. The average Bonchev–Trinajstić information content (AvgIpc) is 2.84. The average molecular weight is 556 g/mol. The van der Waals surface area contributed by atoms with Crippen LogP contribution in [0.3, 0.4) is 0 Å². The Morgan fingerprint density at radius 3 is 0.629 bits per heavy atom. The fourth-order valence-electron chi connectivity index (χ4n) is 5.58. The van der Waals surface area contributed by atoms with Gasteiger partial charge in [0.1, 0.15) is 0 Å². The molecule has 1 heteroatoms. The Bertz CT molecular complexity index is 341. The number of hydrogen-bond acceptors (Lipinski definition) is 0. The van der Waals surface area contributed by atoms with E-state index in [4.69, 9.17) is 0 Å². The molecule has 0 spiro atoms. The van der Waals surface area contributed by atoms with Crippen LogP contribution in [-0.4, -0.2) is 13.6 Å². The summed E-state index contributed by atoms with van der Waals surface area (Å²) in [7, 11) is 0. The molecule has 0 heterocycles. The molecule has 0 rings (SSSR count). The van der Waals surface area contributed by atoms with E-state index in [2.05, 4.69) is 25.3 Å². The molecule has 0 unspecified atom stereocenters. The Morgan fingerprint density at radius 1 is 0.257 bits per heavy atom. The van der Waals surface area contributed by atoms with Crippen LogP contribution in [0.15, 0.2) is 0 Å². The quantitative estimate of drug-likeness (QED) is 0.0611. The van der Waals surface area contributed by atoms with E-state index in [1.807, 2.05) is 0 Å². The van der Waals surface area contributed by atoms with Gasteiger partial charge in [-0.1, -0.05) is 52.4 Å². The van der Waals surface area contributed by atoms with E-state index in [9.17, 15) is 0 Å². The summed E-state index contributed by atoms with van der Waals surface area (Å²) in [5.74, 6) is 0. The summed E-state index contributed by atoms with van der Waals surface area (Å²) in [6.45, 7) is 4.62. The van der Waals surface area contributed by atoms with Gasteiger partial charge in [0, 0.05) is 0 Å². The molecule has 0 aliphatic carbocycles. The van der Waals surface area contributed by atoms with E-state index in [1.165, 1.54) is 180 Å². The number of rotatable bonds is 30. The van der Waals surface area contributed by atoms with Crippen molar-refractivity contribution in [2.45, 2.75) is 215 Å². The van der Waals surface area contributed by atoms with Crippen molar-refractivity contribution in [3.05, 3.63) is 0 Å². The van der Waals surface area contributed by atoms with Crippen molar-refractivity contribution < 1.29 is 0 Å². The maximum absolute atomic E-state index is 2.70. The van der Waals surface area contributed by atoms with Gasteiger partial charge in [-0.3, -0.25) is 0 Å². The van der Waals surface area contributed by atoms with Gasteiger partial charge in [-0.05, 0) is 0 Å². The zero-order valence-electron chi connectivity index (χ0n) is 25.7. The fraction of sp³-hybridized carbons (Fsp3) is 1.00. The Hall–Kier alpha value is 0.558. The normalized spacial score (nSPS) is 12.0. The molecule has 0 fully saturated rings. The molecule has 0 aromatic heterocycles. The van der Waals surface area contributed by atoms with Crippen molar-refractivity contribution >= 4 is 13.6 Å². The van der Waals surface area contributed by atoms with Crippen molar-refractivity contribution in [2.24, 2.45) is 0 Å². The molecule has 0 amide bonds. The van der Waals surface area contributed by atoms with Gasteiger partial charge in [0.2, 0.25) is 0 Å². The molecule has 0 bridgehead atoms. The van der Waals surface area contributed by atoms with Crippen molar-refractivity contribution in [1.82, 2.24) is 0 Å². The first-order chi connectivity index (χ1) is 17.1. The summed E-state index contributed by atoms with van der Waals surface area (Å²) in [6.07, 6.45) is 41.6. The summed E-state index contributed by atoms with van der Waals surface area (Å²) in [5, 5.41) is 3.24. The van der Waals surface area contributed by atoms with E-state index in [1.54, 1.807) is 10.4 Å². The zero-order valence-corrected chi connectivity index (χ0v) is 27.5. The Labute approximate surface area is 228 Å². The minimum absolute atomic E-state index is 1.26. The third-order valence-electron chi connectivity index (χ3n) is 8.23. The van der Waals surface area contributed by atoms with Crippen molar-refractivity contribution in [3.8, 4) is 0 Å². The predicted molar refractivity (Wildman–Crippen MR) is 168 cm³/mol. The van der Waals surface area contributed by atoms with Gasteiger partial charge in [-0.15, -0.1) is 0 Å². The fourth-order valence-corrected chi connectivity index (χ4v) is 10.6. The van der Waals surface area contributed by atoms with E-state index in [0.717, 1.165) is 0 Å². The smallest absolute Gasteiger partial charge is 0.0654 e. The second kappa shape index (κ2) is 29.1. The van der Waals surface area contributed by atoms with E-state index in [-0.39, 0.29) is 0 Å². The third kappa shape index (κ3) is 30.7. The summed E-state index contributed by atoms with van der Waals surface area (Å²) in [5.41, 5.74) is 5.39. The molecule has 0 N–H and O–H groups in total. The molecule has 0 nitrogen and oxygen atoms in total. The summed E-state index contributed by atoms with van der Waals surface area (Å²) >= 11 is -1.26. The van der Waals surface area contributed by atoms with Crippen LogP contribution in [0.2, 0.25) is 21.8 Å². The molecule has 0 radical (unpaired) electrons. The summed E-state index contributed by atoms with van der Waals surface area (Å²) in [4.78, 5) is 0. The molecular formula is C34H72As+. The predicted octanol–water partition coefficient (Wildman–Crippen LogP) is 13.7. The van der Waals surface area contributed by atoms with Crippen LogP contribution in [0.4, 0.5) is 0 Å². The molecule has 0 aromatic rings. The van der Waals surface area contributed by atoms with Gasteiger partial charge >= 0.3 is 177 Å². The molecule has 0 aliphatic rings. The second-order valence-corrected chi connectivity index (χ2v) is 22.6. The van der Waals surface area contributed by atoms with Crippen LogP contribution in [-0.2, 0) is 0 Å². The first-order valence-corrected chi connectivity index (χ1v) is 23.3. The van der Waals surface area contributed by atoms with Gasteiger partial charge in [0.05, 0.1) is 0 Å². The van der Waals surface area contributed by atoms with Crippen LogP contribution in [0.25, 0.3) is 0 Å². The van der Waals surface area contributed by atoms with Gasteiger partial charge < -0.3 is 0 Å². The van der Waals surface area contributed by atoms with Crippen molar-refractivity contribution in [1.29, 1.82) is 0 Å². The zero-order chi connectivity index (χ0) is 25.7. The van der Waals surface area contributed by atoms with Crippen LogP contribution in [0, 0.1) is 0 Å². The van der Waals surface area contributed by atoms with Crippen LogP contribution in [0.1, 0.15) is 194 Å². The second-order valence-electron chi connectivity index (χ2n) is 12.6. The standard InChI is InChI=1S/C34H72As/c1-5-7-9-11-13-15-17-19-21-23-25-27-29-31-33-35(3,4)34-32-30-28-26-24-22-20-18-16-14-12-10-8-6-2/h5-34H2,1-4H3/q+1. The van der Waals surface area contributed by atoms with Crippen molar-refractivity contribution in [2.75, 3.05) is 0 Å². The minimum atomic E-state index is -1.26. The van der Waals surface area contributed by atoms with Gasteiger partial charge in [0.15, 0.2) is 0 Å². The van der Waals surface area contributed by atoms with Crippen LogP contribution in [0.5, 0.6) is 0 Å². The van der Waals surface area contributed by atoms with E-state index in [0.29, 0.717) is 0 Å². The first-order valence-electron chi connectivity index (χ1n) is 16.9.